The van der Waals surface area contributed by atoms with Crippen molar-refractivity contribution in [2.24, 2.45) is 5.10 Å². The maximum Gasteiger partial charge on any atom is 0.270 e. The molecule has 1 aromatic rings. The monoisotopic (exact) mass is 345 g/mol. The molecule has 0 bridgehead atoms. The molecule has 1 saturated heterocycles. The van der Waals surface area contributed by atoms with Crippen molar-refractivity contribution in [1.82, 2.24) is 14.9 Å². The summed E-state index contributed by atoms with van der Waals surface area (Å²) in [5.41, 5.74) is 0.443. The molecule has 0 N–H and O–H groups in total. The van der Waals surface area contributed by atoms with Crippen LogP contribution in [0.5, 0.6) is 5.75 Å². The topological polar surface area (TPSA) is 78.3 Å². The molecule has 1 aromatic heterocycles. The summed E-state index contributed by atoms with van der Waals surface area (Å²) in [6, 6.07) is 3.72. The average Bonchev–Trinajstić information content (AvgIpc) is 3.05. The maximum atomic E-state index is 12.6. The van der Waals surface area contributed by atoms with Gasteiger partial charge in [-0.05, 0) is 12.1 Å². The molecule has 8 heteroatoms. The average molecular weight is 345 g/mol. The second kappa shape index (κ2) is 7.08. The number of amides is 2. The Morgan fingerprint density at radius 3 is 2.88 bits per heavy atom. The van der Waals surface area contributed by atoms with E-state index in [2.05, 4.69) is 10.1 Å². The number of hydrogen-bond acceptors (Lipinski definition) is 6. The minimum atomic E-state index is -0.107. The van der Waals surface area contributed by atoms with E-state index >= 15 is 0 Å². The van der Waals surface area contributed by atoms with Gasteiger partial charge in [-0.1, -0.05) is 0 Å². The van der Waals surface area contributed by atoms with Crippen molar-refractivity contribution in [3.8, 4) is 5.75 Å². The largest absolute Gasteiger partial charge is 0.485 e. The number of hydrogen-bond donors (Lipinski definition) is 0. The highest BCUT2D eigenvalue weighted by molar-refractivity contribution is 6.39. The quantitative estimate of drug-likeness (QED) is 0.804. The first-order valence-corrected chi connectivity index (χ1v) is 8.38. The molecule has 134 valence electrons. The number of carbonyl (C=O) groups excluding carboxylic acids is 2. The fourth-order valence-electron chi connectivity index (χ4n) is 3.00. The number of hydrazone groups is 1. The standard InChI is InChI=1S/C17H23N5O3/c1-20(2)16-14(5-4-9-18-16)25-12-8-10-22(11-12)17(24)13-6-7-15(23)21(3)19-13/h4-5,9,12H,6-8,10-11H2,1-3H3/t12-/m1/s1. The lowest BCUT2D eigenvalue weighted by atomic mass is 10.1. The summed E-state index contributed by atoms with van der Waals surface area (Å²) in [5.74, 6) is 1.31. The number of ether oxygens (including phenoxy) is 1. The van der Waals surface area contributed by atoms with Gasteiger partial charge in [-0.2, -0.15) is 5.10 Å². The highest BCUT2D eigenvalue weighted by Crippen LogP contribution is 2.27. The number of likely N-dealkylation sites (tertiary alicyclic amines) is 1. The van der Waals surface area contributed by atoms with Gasteiger partial charge in [0.05, 0.1) is 6.54 Å². The van der Waals surface area contributed by atoms with Gasteiger partial charge in [0.2, 0.25) is 5.91 Å². The molecule has 8 nitrogen and oxygen atoms in total. The molecule has 0 aromatic carbocycles. The fourth-order valence-corrected chi connectivity index (χ4v) is 3.00. The molecule has 25 heavy (non-hydrogen) atoms. The third-order valence-corrected chi connectivity index (χ3v) is 4.35. The van der Waals surface area contributed by atoms with Crippen molar-refractivity contribution in [2.75, 3.05) is 39.1 Å². The molecule has 2 amide bonds. The van der Waals surface area contributed by atoms with E-state index in [1.54, 1.807) is 18.1 Å². The maximum absolute atomic E-state index is 12.6. The van der Waals surface area contributed by atoms with Crippen LogP contribution in [0.15, 0.2) is 23.4 Å². The lowest BCUT2D eigenvalue weighted by Crippen LogP contribution is -2.40. The summed E-state index contributed by atoms with van der Waals surface area (Å²) in [5, 5.41) is 5.36. The third kappa shape index (κ3) is 3.72. The molecule has 3 heterocycles. The Bertz CT molecular complexity index is 703. The van der Waals surface area contributed by atoms with Gasteiger partial charge in [0.1, 0.15) is 11.8 Å². The minimum Gasteiger partial charge on any atom is -0.485 e. The highest BCUT2D eigenvalue weighted by Gasteiger charge is 2.32. The van der Waals surface area contributed by atoms with Gasteiger partial charge in [-0.3, -0.25) is 9.59 Å². The van der Waals surface area contributed by atoms with E-state index < -0.39 is 0 Å². The first-order chi connectivity index (χ1) is 12.0. The SMILES string of the molecule is CN1N=C(C(=O)N2CC[C@@H](Oc3cccnc3N(C)C)C2)CCC1=O. The summed E-state index contributed by atoms with van der Waals surface area (Å²) in [6.07, 6.45) is 3.14. The Labute approximate surface area is 147 Å². The van der Waals surface area contributed by atoms with E-state index in [9.17, 15) is 9.59 Å². The Morgan fingerprint density at radius 1 is 1.36 bits per heavy atom. The predicted molar refractivity (Wildman–Crippen MR) is 93.6 cm³/mol. The smallest absolute Gasteiger partial charge is 0.270 e. The molecule has 2 aliphatic heterocycles. The van der Waals surface area contributed by atoms with Crippen LogP contribution in [0, 0.1) is 0 Å². The van der Waals surface area contributed by atoms with Crippen molar-refractivity contribution in [3.05, 3.63) is 18.3 Å². The van der Waals surface area contributed by atoms with Crippen LogP contribution in [0.4, 0.5) is 5.82 Å². The summed E-state index contributed by atoms with van der Waals surface area (Å²) >= 11 is 0. The summed E-state index contributed by atoms with van der Waals surface area (Å²) < 4.78 is 6.07. The van der Waals surface area contributed by atoms with Gasteiger partial charge in [-0.25, -0.2) is 9.99 Å². The minimum absolute atomic E-state index is 0.0630. The molecule has 1 atom stereocenters. The van der Waals surface area contributed by atoms with Crippen LogP contribution in [-0.4, -0.2) is 72.8 Å². The van der Waals surface area contributed by atoms with Gasteiger partial charge >= 0.3 is 0 Å². The summed E-state index contributed by atoms with van der Waals surface area (Å²) in [7, 11) is 5.41. The van der Waals surface area contributed by atoms with Crippen LogP contribution in [0.1, 0.15) is 19.3 Å². The van der Waals surface area contributed by atoms with Crippen LogP contribution in [-0.2, 0) is 9.59 Å². The zero-order valence-electron chi connectivity index (χ0n) is 14.8. The molecular formula is C17H23N5O3. The number of anilines is 1. The number of pyridine rings is 1. The Kier molecular flexibility index (Phi) is 4.87. The molecule has 0 spiro atoms. The zero-order chi connectivity index (χ0) is 18.0. The van der Waals surface area contributed by atoms with Crippen LogP contribution in [0.2, 0.25) is 0 Å². The molecule has 0 unspecified atom stereocenters. The van der Waals surface area contributed by atoms with E-state index in [1.807, 2.05) is 31.1 Å². The first kappa shape index (κ1) is 17.2. The van der Waals surface area contributed by atoms with Crippen LogP contribution < -0.4 is 9.64 Å². The van der Waals surface area contributed by atoms with E-state index in [1.165, 1.54) is 5.01 Å². The number of aromatic nitrogens is 1. The molecule has 0 radical (unpaired) electrons. The first-order valence-electron chi connectivity index (χ1n) is 8.38. The second-order valence-corrected chi connectivity index (χ2v) is 6.46. The van der Waals surface area contributed by atoms with Gasteiger partial charge in [0.15, 0.2) is 11.6 Å². The van der Waals surface area contributed by atoms with Gasteiger partial charge in [-0.15, -0.1) is 0 Å². The molecule has 2 aliphatic rings. The molecule has 0 saturated carbocycles. The predicted octanol–water partition coefficient (Wildman–Crippen LogP) is 0.735. The highest BCUT2D eigenvalue weighted by atomic mass is 16.5. The van der Waals surface area contributed by atoms with Gasteiger partial charge < -0.3 is 14.5 Å². The zero-order valence-corrected chi connectivity index (χ0v) is 14.8. The Morgan fingerprint density at radius 2 is 2.16 bits per heavy atom. The number of nitrogens with zero attached hydrogens (tertiary/aromatic N) is 5. The number of rotatable bonds is 4. The third-order valence-electron chi connectivity index (χ3n) is 4.35. The van der Waals surface area contributed by atoms with Crippen LogP contribution >= 0.6 is 0 Å². The molecule has 3 rings (SSSR count). The van der Waals surface area contributed by atoms with E-state index in [-0.39, 0.29) is 17.9 Å². The molecule has 1 fully saturated rings. The van der Waals surface area contributed by atoms with Crippen LogP contribution in [0.3, 0.4) is 0 Å². The van der Waals surface area contributed by atoms with Crippen molar-refractivity contribution in [1.29, 1.82) is 0 Å². The lowest BCUT2D eigenvalue weighted by Gasteiger charge is -2.23. The van der Waals surface area contributed by atoms with Crippen LogP contribution in [0.25, 0.3) is 0 Å². The van der Waals surface area contributed by atoms with Crippen molar-refractivity contribution >= 4 is 23.3 Å². The lowest BCUT2D eigenvalue weighted by molar-refractivity contribution is -0.130. The van der Waals surface area contributed by atoms with Gasteiger partial charge in [0, 0.05) is 53.1 Å². The van der Waals surface area contributed by atoms with Crippen molar-refractivity contribution in [3.63, 3.8) is 0 Å². The van der Waals surface area contributed by atoms with E-state index in [0.717, 1.165) is 12.2 Å². The van der Waals surface area contributed by atoms with Gasteiger partial charge in [0.25, 0.3) is 5.91 Å². The molecule has 0 aliphatic carbocycles. The number of carbonyl (C=O) groups is 2. The second-order valence-electron chi connectivity index (χ2n) is 6.46. The Balaban J connectivity index is 1.64. The summed E-state index contributed by atoms with van der Waals surface area (Å²) in [4.78, 5) is 32.1. The van der Waals surface area contributed by atoms with E-state index in [0.29, 0.717) is 37.4 Å². The van der Waals surface area contributed by atoms with E-state index in [4.69, 9.17) is 4.74 Å². The van der Waals surface area contributed by atoms with Crippen molar-refractivity contribution in [2.45, 2.75) is 25.4 Å². The molecular weight excluding hydrogens is 322 g/mol. The summed E-state index contributed by atoms with van der Waals surface area (Å²) in [6.45, 7) is 1.13. The van der Waals surface area contributed by atoms with Crippen molar-refractivity contribution < 1.29 is 14.3 Å². The normalized spacial score (nSPS) is 20.5. The fraction of sp³-hybridized carbons (Fsp3) is 0.529. The Hall–Kier alpha value is -2.64.